The maximum absolute atomic E-state index is 13.9. The summed E-state index contributed by atoms with van der Waals surface area (Å²) < 4.78 is 13.9. The van der Waals surface area contributed by atoms with Crippen molar-refractivity contribution in [3.05, 3.63) is 83.7 Å². The smallest absolute Gasteiger partial charge is 0.247 e. The molecule has 224 valence electrons. The second-order valence-electron chi connectivity index (χ2n) is 11.9. The molecule has 3 amide bonds. The molecular formula is C33H41FN4O4. The summed E-state index contributed by atoms with van der Waals surface area (Å²) in [5.41, 5.74) is 0.367. The largest absolute Gasteiger partial charge is 0.390 e. The topological polar surface area (TPSA) is 111 Å². The van der Waals surface area contributed by atoms with Gasteiger partial charge in [0, 0.05) is 37.0 Å². The van der Waals surface area contributed by atoms with Crippen LogP contribution in [0.1, 0.15) is 44.7 Å². The third-order valence-corrected chi connectivity index (χ3v) is 7.48. The predicted molar refractivity (Wildman–Crippen MR) is 161 cm³/mol. The van der Waals surface area contributed by atoms with Gasteiger partial charge in [0.2, 0.25) is 17.7 Å². The Bertz CT molecular complexity index is 1400. The number of rotatable bonds is 11. The van der Waals surface area contributed by atoms with Crippen LogP contribution < -0.4 is 16.0 Å². The van der Waals surface area contributed by atoms with Crippen molar-refractivity contribution in [3.63, 3.8) is 0 Å². The van der Waals surface area contributed by atoms with Crippen LogP contribution >= 0.6 is 0 Å². The summed E-state index contributed by atoms with van der Waals surface area (Å²) in [5, 5.41) is 21.5. The number of benzene rings is 3. The number of amides is 3. The minimum absolute atomic E-state index is 0.106. The van der Waals surface area contributed by atoms with Gasteiger partial charge >= 0.3 is 0 Å². The number of carbonyl (C=O) groups is 3. The molecule has 3 aromatic carbocycles. The number of halogens is 1. The van der Waals surface area contributed by atoms with Crippen LogP contribution in [0, 0.1) is 11.2 Å². The van der Waals surface area contributed by atoms with Crippen molar-refractivity contribution in [3.8, 4) is 0 Å². The highest BCUT2D eigenvalue weighted by Gasteiger charge is 2.42. The highest BCUT2D eigenvalue weighted by Crippen LogP contribution is 2.25. The molecule has 0 spiro atoms. The Morgan fingerprint density at radius 1 is 1.02 bits per heavy atom. The van der Waals surface area contributed by atoms with E-state index in [2.05, 4.69) is 16.0 Å². The van der Waals surface area contributed by atoms with Crippen LogP contribution in [0.15, 0.2) is 66.7 Å². The number of imide groups is 1. The minimum atomic E-state index is -1.12. The summed E-state index contributed by atoms with van der Waals surface area (Å²) in [7, 11) is 0. The molecule has 1 heterocycles. The van der Waals surface area contributed by atoms with Crippen LogP contribution in [-0.2, 0) is 27.3 Å². The van der Waals surface area contributed by atoms with Gasteiger partial charge in [-0.1, -0.05) is 81.4 Å². The van der Waals surface area contributed by atoms with Gasteiger partial charge in [-0.3, -0.25) is 19.3 Å². The molecule has 0 bridgehead atoms. The lowest BCUT2D eigenvalue weighted by molar-refractivity contribution is -0.157. The first-order chi connectivity index (χ1) is 20.0. The number of hydrogen-bond donors (Lipinski definition) is 4. The molecule has 1 fully saturated rings. The fourth-order valence-corrected chi connectivity index (χ4v) is 5.13. The van der Waals surface area contributed by atoms with Gasteiger partial charge in [-0.15, -0.1) is 0 Å². The van der Waals surface area contributed by atoms with E-state index < -0.39 is 41.3 Å². The fourth-order valence-electron chi connectivity index (χ4n) is 5.13. The lowest BCUT2D eigenvalue weighted by Gasteiger charge is -2.35. The third kappa shape index (κ3) is 8.00. The molecule has 3 atom stereocenters. The molecule has 1 saturated heterocycles. The third-order valence-electron chi connectivity index (χ3n) is 7.48. The molecule has 9 heteroatoms. The first kappa shape index (κ1) is 31.3. The number of aliphatic hydroxyl groups is 1. The van der Waals surface area contributed by atoms with Crippen LogP contribution in [0.4, 0.5) is 4.39 Å². The maximum Gasteiger partial charge on any atom is 0.247 e. The molecule has 0 aliphatic carbocycles. The molecule has 8 nitrogen and oxygen atoms in total. The van der Waals surface area contributed by atoms with E-state index in [-0.39, 0.29) is 31.9 Å². The van der Waals surface area contributed by atoms with Crippen LogP contribution in [-0.4, -0.2) is 65.5 Å². The lowest BCUT2D eigenvalue weighted by atomic mass is 9.91. The second kappa shape index (κ2) is 14.0. The molecule has 1 unspecified atom stereocenters. The van der Waals surface area contributed by atoms with Gasteiger partial charge in [0.1, 0.15) is 11.9 Å². The summed E-state index contributed by atoms with van der Waals surface area (Å²) in [6, 6.07) is 18.4. The van der Waals surface area contributed by atoms with Gasteiger partial charge in [0.15, 0.2) is 0 Å². The van der Waals surface area contributed by atoms with Crippen molar-refractivity contribution in [2.75, 3.05) is 19.6 Å². The quantitative estimate of drug-likeness (QED) is 0.279. The Balaban J connectivity index is 1.54. The molecule has 1 aliphatic rings. The van der Waals surface area contributed by atoms with Crippen molar-refractivity contribution in [1.29, 1.82) is 0 Å². The van der Waals surface area contributed by atoms with E-state index in [4.69, 9.17) is 0 Å². The first-order valence-electron chi connectivity index (χ1n) is 14.5. The van der Waals surface area contributed by atoms with Gasteiger partial charge in [-0.2, -0.15) is 0 Å². The molecule has 1 aliphatic heterocycles. The monoisotopic (exact) mass is 576 g/mol. The minimum Gasteiger partial charge on any atom is -0.390 e. The van der Waals surface area contributed by atoms with Gasteiger partial charge in [0.05, 0.1) is 12.1 Å². The van der Waals surface area contributed by atoms with Crippen LogP contribution in [0.25, 0.3) is 10.8 Å². The van der Waals surface area contributed by atoms with E-state index in [1.807, 2.05) is 42.5 Å². The first-order valence-corrected chi connectivity index (χ1v) is 14.5. The van der Waals surface area contributed by atoms with E-state index in [0.29, 0.717) is 18.5 Å². The zero-order valence-electron chi connectivity index (χ0n) is 24.5. The van der Waals surface area contributed by atoms with E-state index >= 15 is 0 Å². The van der Waals surface area contributed by atoms with Crippen molar-refractivity contribution >= 4 is 28.5 Å². The summed E-state index contributed by atoms with van der Waals surface area (Å²) in [6.07, 6.45) is 0.546. The maximum atomic E-state index is 13.9. The van der Waals surface area contributed by atoms with Crippen LogP contribution in [0.2, 0.25) is 0 Å². The summed E-state index contributed by atoms with van der Waals surface area (Å²) in [5.74, 6) is -1.72. The number of nitrogens with zero attached hydrogens (tertiary/aromatic N) is 1. The number of nitrogens with one attached hydrogen (secondary N) is 3. The predicted octanol–water partition coefficient (Wildman–Crippen LogP) is 3.31. The normalized spacial score (nSPS) is 16.6. The molecule has 42 heavy (non-hydrogen) atoms. The van der Waals surface area contributed by atoms with Gasteiger partial charge in [-0.05, 0) is 41.8 Å². The van der Waals surface area contributed by atoms with Crippen LogP contribution in [0.5, 0.6) is 0 Å². The zero-order valence-corrected chi connectivity index (χ0v) is 24.5. The van der Waals surface area contributed by atoms with Gasteiger partial charge in [0.25, 0.3) is 0 Å². The van der Waals surface area contributed by atoms with Crippen molar-refractivity contribution in [2.45, 2.75) is 64.8 Å². The Hall–Kier alpha value is -3.66. The van der Waals surface area contributed by atoms with E-state index in [9.17, 15) is 23.9 Å². The highest BCUT2D eigenvalue weighted by molar-refractivity contribution is 6.04. The van der Waals surface area contributed by atoms with E-state index in [0.717, 1.165) is 27.7 Å². The van der Waals surface area contributed by atoms with Crippen molar-refractivity contribution < 1.29 is 23.9 Å². The molecule has 0 radical (unpaired) electrons. The number of hydrogen-bond acceptors (Lipinski definition) is 6. The molecule has 3 aromatic rings. The van der Waals surface area contributed by atoms with Crippen molar-refractivity contribution in [2.24, 2.45) is 5.41 Å². The Morgan fingerprint density at radius 2 is 1.74 bits per heavy atom. The van der Waals surface area contributed by atoms with Crippen molar-refractivity contribution in [1.82, 2.24) is 20.9 Å². The highest BCUT2D eigenvalue weighted by atomic mass is 19.1. The Morgan fingerprint density at radius 3 is 2.43 bits per heavy atom. The van der Waals surface area contributed by atoms with E-state index in [1.54, 1.807) is 39.0 Å². The zero-order chi connectivity index (χ0) is 30.3. The summed E-state index contributed by atoms with van der Waals surface area (Å²) in [6.45, 7) is 6.08. The van der Waals surface area contributed by atoms with Crippen LogP contribution in [0.3, 0.4) is 0 Å². The average Bonchev–Trinajstić information content (AvgIpc) is 3.51. The average molecular weight is 577 g/mol. The Kier molecular flexibility index (Phi) is 10.4. The number of fused-ring (bicyclic) bond motifs is 1. The molecule has 0 aromatic heterocycles. The Labute approximate surface area is 246 Å². The van der Waals surface area contributed by atoms with Gasteiger partial charge < -0.3 is 21.1 Å². The van der Waals surface area contributed by atoms with E-state index in [1.165, 1.54) is 6.07 Å². The summed E-state index contributed by atoms with van der Waals surface area (Å²) >= 11 is 0. The standard InChI is InChI=1S/C33H41FN4O4/c1-33(2,3)32(42)38(31(41)28-13-8-16-36-28)29(18-22-14-15-23-9-4-5-10-24(23)17-22)30(40)37-21-26(39)20-35-19-25-11-6-7-12-27(25)34/h4-7,9-12,14-15,17,26,28-29,35-36,39H,8,13,16,18-21H2,1-3H3,(H,37,40)/t26?,28-,29+/m0/s1. The molecular weight excluding hydrogens is 535 g/mol. The number of aliphatic hydroxyl groups excluding tert-OH is 1. The molecule has 0 saturated carbocycles. The summed E-state index contributed by atoms with van der Waals surface area (Å²) in [4.78, 5) is 42.5. The lowest BCUT2D eigenvalue weighted by Crippen LogP contribution is -2.60. The van der Waals surface area contributed by atoms with Gasteiger partial charge in [-0.25, -0.2) is 4.39 Å². The second-order valence-corrected chi connectivity index (χ2v) is 11.9. The molecule has 4 N–H and O–H groups in total. The fraction of sp³-hybridized carbons (Fsp3) is 0.424. The SMILES string of the molecule is CC(C)(C)C(=O)N(C(=O)[C@@H]1CCCN1)[C@H](Cc1ccc2ccccc2c1)C(=O)NCC(O)CNCc1ccccc1F. The molecule has 4 rings (SSSR count). The number of carbonyl (C=O) groups excluding carboxylic acids is 3.